The van der Waals surface area contributed by atoms with Crippen molar-refractivity contribution in [3.63, 3.8) is 0 Å². The maximum atomic E-state index is 12.0. The van der Waals surface area contributed by atoms with E-state index in [0.29, 0.717) is 12.3 Å². The van der Waals surface area contributed by atoms with Gasteiger partial charge in [0.05, 0.1) is 11.9 Å². The number of carboxylic acid groups (broad SMARTS) is 1. The first-order valence-electron chi connectivity index (χ1n) is 5.52. The Labute approximate surface area is 113 Å². The molecule has 0 saturated carbocycles. The van der Waals surface area contributed by atoms with E-state index in [1.165, 1.54) is 16.7 Å². The fraction of sp³-hybridized carbons (Fsp3) is 0.455. The molecule has 2 N–H and O–H groups in total. The van der Waals surface area contributed by atoms with Crippen LogP contribution in [0.1, 0.15) is 11.8 Å². The Kier molecular flexibility index (Phi) is 4.13. The smallest absolute Gasteiger partial charge is 0.327 e. The van der Waals surface area contributed by atoms with Crippen molar-refractivity contribution in [3.05, 3.63) is 22.4 Å². The van der Waals surface area contributed by atoms with E-state index < -0.39 is 12.0 Å². The minimum absolute atomic E-state index is 0.102. The van der Waals surface area contributed by atoms with E-state index in [1.807, 2.05) is 24.4 Å². The van der Waals surface area contributed by atoms with Gasteiger partial charge in [0.1, 0.15) is 6.04 Å². The number of rotatable bonds is 3. The normalized spacial score (nSPS) is 23.1. The zero-order valence-corrected chi connectivity index (χ0v) is 11.5. The molecule has 7 heteroatoms. The van der Waals surface area contributed by atoms with Gasteiger partial charge in [0, 0.05) is 10.6 Å². The quantitative estimate of drug-likeness (QED) is 0.889. The number of thioether (sulfide) groups is 1. The largest absolute Gasteiger partial charge is 0.480 e. The fourth-order valence-electron chi connectivity index (χ4n) is 1.81. The number of hydrogen-bond donors (Lipinski definition) is 2. The third-order valence-electron chi connectivity index (χ3n) is 2.74. The lowest BCUT2D eigenvalue weighted by molar-refractivity contribution is -0.141. The summed E-state index contributed by atoms with van der Waals surface area (Å²) in [5.74, 6) is -0.499. The third kappa shape index (κ3) is 2.78. The average molecular weight is 286 g/mol. The van der Waals surface area contributed by atoms with Gasteiger partial charge in [0.25, 0.3) is 0 Å². The van der Waals surface area contributed by atoms with Crippen molar-refractivity contribution < 1.29 is 14.7 Å². The predicted molar refractivity (Wildman–Crippen MR) is 71.7 cm³/mol. The van der Waals surface area contributed by atoms with Crippen LogP contribution in [0, 0.1) is 0 Å². The average Bonchev–Trinajstić information content (AvgIpc) is 2.94. The summed E-state index contributed by atoms with van der Waals surface area (Å²) in [6.45, 7) is 2.29. The summed E-state index contributed by atoms with van der Waals surface area (Å²) < 4.78 is 0. The SMILES string of the molecule is CC1SCC(C(=O)O)N1C(=O)NCc1cccs1. The van der Waals surface area contributed by atoms with Crippen LogP contribution in [0.2, 0.25) is 0 Å². The van der Waals surface area contributed by atoms with Gasteiger partial charge in [-0.1, -0.05) is 6.07 Å². The van der Waals surface area contributed by atoms with Crippen LogP contribution in [0.4, 0.5) is 4.79 Å². The summed E-state index contributed by atoms with van der Waals surface area (Å²) in [5, 5.41) is 13.7. The van der Waals surface area contributed by atoms with Gasteiger partial charge in [-0.25, -0.2) is 9.59 Å². The molecule has 0 aliphatic carbocycles. The summed E-state index contributed by atoms with van der Waals surface area (Å²) in [6.07, 6.45) is 0. The highest BCUT2D eigenvalue weighted by molar-refractivity contribution is 8.00. The number of nitrogens with one attached hydrogen (secondary N) is 1. The molecule has 2 rings (SSSR count). The summed E-state index contributed by atoms with van der Waals surface area (Å²) in [5.41, 5.74) is 0. The number of aliphatic carboxylic acids is 1. The minimum atomic E-state index is -0.946. The summed E-state index contributed by atoms with van der Waals surface area (Å²) in [6, 6.07) is 2.81. The van der Waals surface area contributed by atoms with Crippen LogP contribution < -0.4 is 5.32 Å². The molecule has 1 aromatic heterocycles. The molecule has 0 spiro atoms. The second kappa shape index (κ2) is 5.62. The molecule has 1 saturated heterocycles. The molecule has 0 radical (unpaired) electrons. The van der Waals surface area contributed by atoms with E-state index in [1.54, 1.807) is 11.3 Å². The number of carboxylic acids is 1. The zero-order chi connectivity index (χ0) is 13.1. The maximum absolute atomic E-state index is 12.0. The van der Waals surface area contributed by atoms with Crippen molar-refractivity contribution in [1.82, 2.24) is 10.2 Å². The maximum Gasteiger partial charge on any atom is 0.327 e. The second-order valence-corrected chi connectivity index (χ2v) is 6.31. The Morgan fingerprint density at radius 3 is 3.00 bits per heavy atom. The first-order valence-corrected chi connectivity index (χ1v) is 7.45. The summed E-state index contributed by atoms with van der Waals surface area (Å²) in [7, 11) is 0. The fourth-order valence-corrected chi connectivity index (χ4v) is 3.62. The van der Waals surface area contributed by atoms with Crippen LogP contribution in [0.5, 0.6) is 0 Å². The third-order valence-corrected chi connectivity index (χ3v) is 4.83. The lowest BCUT2D eigenvalue weighted by Gasteiger charge is -2.25. The first-order chi connectivity index (χ1) is 8.59. The van der Waals surface area contributed by atoms with Gasteiger partial charge in [-0.2, -0.15) is 0 Å². The van der Waals surface area contributed by atoms with E-state index in [0.717, 1.165) is 4.88 Å². The molecular weight excluding hydrogens is 272 g/mol. The van der Waals surface area contributed by atoms with Gasteiger partial charge in [-0.05, 0) is 18.4 Å². The minimum Gasteiger partial charge on any atom is -0.480 e. The van der Waals surface area contributed by atoms with E-state index in [4.69, 9.17) is 5.11 Å². The Hall–Kier alpha value is -1.21. The number of hydrogen-bond acceptors (Lipinski definition) is 4. The van der Waals surface area contributed by atoms with Crippen molar-refractivity contribution >= 4 is 35.1 Å². The Morgan fingerprint density at radius 2 is 2.39 bits per heavy atom. The van der Waals surface area contributed by atoms with Crippen molar-refractivity contribution in [3.8, 4) is 0 Å². The number of thiophene rings is 1. The highest BCUT2D eigenvalue weighted by Gasteiger charge is 2.39. The van der Waals surface area contributed by atoms with Gasteiger partial charge in [-0.3, -0.25) is 4.90 Å². The Bertz CT molecular complexity index is 436. The van der Waals surface area contributed by atoms with Crippen LogP contribution in [0.3, 0.4) is 0 Å². The van der Waals surface area contributed by atoms with Crippen LogP contribution in [0.15, 0.2) is 17.5 Å². The van der Waals surface area contributed by atoms with Gasteiger partial charge >= 0.3 is 12.0 Å². The Morgan fingerprint density at radius 1 is 1.61 bits per heavy atom. The van der Waals surface area contributed by atoms with E-state index in [2.05, 4.69) is 5.32 Å². The lowest BCUT2D eigenvalue weighted by atomic mass is 10.3. The van der Waals surface area contributed by atoms with E-state index in [9.17, 15) is 9.59 Å². The number of urea groups is 1. The van der Waals surface area contributed by atoms with Gasteiger partial charge in [-0.15, -0.1) is 23.1 Å². The topological polar surface area (TPSA) is 69.6 Å². The number of carbonyl (C=O) groups excluding carboxylic acids is 1. The molecule has 1 fully saturated rings. The van der Waals surface area contributed by atoms with Gasteiger partial charge in [0.2, 0.25) is 0 Å². The lowest BCUT2D eigenvalue weighted by Crippen LogP contribution is -2.49. The standard InChI is InChI=1S/C11H14N2O3S2/c1-7-13(9(6-18-7)10(14)15)11(16)12-5-8-3-2-4-17-8/h2-4,7,9H,5-6H2,1H3,(H,12,16)(H,14,15). The monoisotopic (exact) mass is 286 g/mol. The highest BCUT2D eigenvalue weighted by Crippen LogP contribution is 2.28. The molecule has 18 heavy (non-hydrogen) atoms. The zero-order valence-electron chi connectivity index (χ0n) is 9.83. The van der Waals surface area contributed by atoms with Crippen LogP contribution >= 0.6 is 23.1 Å². The number of carbonyl (C=O) groups is 2. The van der Waals surface area contributed by atoms with Crippen LogP contribution in [0.25, 0.3) is 0 Å². The molecule has 2 unspecified atom stereocenters. The first kappa shape index (κ1) is 13.2. The molecule has 0 aromatic carbocycles. The number of amides is 2. The van der Waals surface area contributed by atoms with Gasteiger partial charge in [0.15, 0.2) is 0 Å². The molecule has 0 bridgehead atoms. The van der Waals surface area contributed by atoms with E-state index >= 15 is 0 Å². The molecule has 1 aliphatic heterocycles. The molecule has 98 valence electrons. The summed E-state index contributed by atoms with van der Waals surface area (Å²) in [4.78, 5) is 25.5. The molecule has 2 heterocycles. The molecule has 2 amide bonds. The molecule has 5 nitrogen and oxygen atoms in total. The van der Waals surface area contributed by atoms with Crippen LogP contribution in [-0.4, -0.2) is 39.2 Å². The highest BCUT2D eigenvalue weighted by atomic mass is 32.2. The molecule has 1 aliphatic rings. The molecule has 2 atom stereocenters. The Balaban J connectivity index is 1.96. The summed E-state index contributed by atoms with van der Waals surface area (Å²) >= 11 is 3.04. The predicted octanol–water partition coefficient (Wildman–Crippen LogP) is 1.81. The van der Waals surface area contributed by atoms with Crippen molar-refractivity contribution in [2.24, 2.45) is 0 Å². The molecular formula is C11H14N2O3S2. The van der Waals surface area contributed by atoms with Gasteiger partial charge < -0.3 is 10.4 Å². The van der Waals surface area contributed by atoms with Crippen LogP contribution in [-0.2, 0) is 11.3 Å². The van der Waals surface area contributed by atoms with Crippen molar-refractivity contribution in [1.29, 1.82) is 0 Å². The van der Waals surface area contributed by atoms with Crippen molar-refractivity contribution in [2.45, 2.75) is 24.9 Å². The number of nitrogens with zero attached hydrogens (tertiary/aromatic N) is 1. The second-order valence-electron chi connectivity index (χ2n) is 3.93. The van der Waals surface area contributed by atoms with Crippen molar-refractivity contribution in [2.75, 3.05) is 5.75 Å². The molecule has 1 aromatic rings. The van der Waals surface area contributed by atoms with E-state index in [-0.39, 0.29) is 11.4 Å².